The Morgan fingerprint density at radius 2 is 2.19 bits per heavy atom. The number of nitrogens with zero attached hydrogens (tertiary/aromatic N) is 1. The molecule has 0 bridgehead atoms. The van der Waals surface area contributed by atoms with Gasteiger partial charge in [-0.05, 0) is 38.3 Å². The zero-order valence-electron chi connectivity index (χ0n) is 12.4. The summed E-state index contributed by atoms with van der Waals surface area (Å²) in [6.07, 6.45) is 4.92. The second-order valence-corrected chi connectivity index (χ2v) is 5.73. The molecule has 1 heterocycles. The Labute approximate surface area is 124 Å². The van der Waals surface area contributed by atoms with Gasteiger partial charge in [-0.3, -0.25) is 4.79 Å². The summed E-state index contributed by atoms with van der Waals surface area (Å²) in [6.45, 7) is 3.39. The third-order valence-corrected chi connectivity index (χ3v) is 4.63. The lowest BCUT2D eigenvalue weighted by Gasteiger charge is -2.31. The molecule has 0 radical (unpaired) electrons. The largest absolute Gasteiger partial charge is 0.463 e. The van der Waals surface area contributed by atoms with Crippen LogP contribution in [-0.4, -0.2) is 29.9 Å². The van der Waals surface area contributed by atoms with Crippen molar-refractivity contribution in [2.75, 3.05) is 13.1 Å². The van der Waals surface area contributed by atoms with Crippen LogP contribution in [0.4, 0.5) is 0 Å². The number of rotatable bonds is 4. The van der Waals surface area contributed by atoms with Crippen LogP contribution >= 0.6 is 0 Å². The van der Waals surface area contributed by atoms with Gasteiger partial charge in [-0.2, -0.15) is 0 Å². The fourth-order valence-corrected chi connectivity index (χ4v) is 3.53. The van der Waals surface area contributed by atoms with Crippen LogP contribution in [0.15, 0.2) is 34.9 Å². The molecule has 0 saturated heterocycles. The molecule has 3 rings (SSSR count). The third-order valence-electron chi connectivity index (χ3n) is 4.63. The first-order valence-corrected chi connectivity index (χ1v) is 7.73. The molecule has 112 valence electrons. The molecule has 0 aliphatic heterocycles. The molecule has 0 spiro atoms. The van der Waals surface area contributed by atoms with Crippen molar-refractivity contribution >= 4 is 16.9 Å². The van der Waals surface area contributed by atoms with E-state index in [4.69, 9.17) is 10.2 Å². The van der Waals surface area contributed by atoms with Crippen LogP contribution in [0.1, 0.15) is 36.5 Å². The fraction of sp³-hybridized carbons (Fsp3) is 0.471. The summed E-state index contributed by atoms with van der Waals surface area (Å²) in [5.41, 5.74) is 7.29. The summed E-state index contributed by atoms with van der Waals surface area (Å²) in [6, 6.07) is 7.94. The predicted octanol–water partition coefficient (Wildman–Crippen LogP) is 3.02. The number of benzene rings is 1. The Balaban J connectivity index is 1.92. The number of furan rings is 1. The number of nitrogens with two attached hydrogens (primary N) is 1. The summed E-state index contributed by atoms with van der Waals surface area (Å²) in [5.74, 6) is 0.486. The topological polar surface area (TPSA) is 59.5 Å². The van der Waals surface area contributed by atoms with Gasteiger partial charge in [-0.25, -0.2) is 0 Å². The summed E-state index contributed by atoms with van der Waals surface area (Å²) in [5, 5.41) is 0.892. The first kappa shape index (κ1) is 14.1. The number of carbonyl (C=O) groups is 1. The van der Waals surface area contributed by atoms with E-state index in [0.29, 0.717) is 24.6 Å². The van der Waals surface area contributed by atoms with Crippen molar-refractivity contribution in [3.63, 3.8) is 0 Å². The van der Waals surface area contributed by atoms with Crippen LogP contribution in [0.2, 0.25) is 0 Å². The molecule has 1 aromatic heterocycles. The average Bonchev–Trinajstić information content (AvgIpc) is 3.14. The van der Waals surface area contributed by atoms with Gasteiger partial charge in [0.1, 0.15) is 11.8 Å². The lowest BCUT2D eigenvalue weighted by atomic mass is 10.0. The Bertz CT molecular complexity index is 635. The van der Waals surface area contributed by atoms with Gasteiger partial charge in [0.15, 0.2) is 0 Å². The van der Waals surface area contributed by atoms with Crippen molar-refractivity contribution in [3.05, 3.63) is 36.1 Å². The summed E-state index contributed by atoms with van der Waals surface area (Å²) in [4.78, 5) is 14.9. The molecule has 2 unspecified atom stereocenters. The average molecular weight is 286 g/mol. The number of carbonyl (C=O) groups excluding carboxylic acids is 1. The zero-order valence-corrected chi connectivity index (χ0v) is 12.4. The maximum absolute atomic E-state index is 12.9. The van der Waals surface area contributed by atoms with Crippen LogP contribution in [-0.2, 0) is 0 Å². The minimum Gasteiger partial charge on any atom is -0.463 e. The molecule has 1 aliphatic carbocycles. The van der Waals surface area contributed by atoms with E-state index >= 15 is 0 Å². The molecule has 4 nitrogen and oxygen atoms in total. The van der Waals surface area contributed by atoms with E-state index in [-0.39, 0.29) is 11.9 Å². The van der Waals surface area contributed by atoms with E-state index in [9.17, 15) is 4.79 Å². The quantitative estimate of drug-likeness (QED) is 0.939. The van der Waals surface area contributed by atoms with Crippen molar-refractivity contribution < 1.29 is 9.21 Å². The normalized spacial score (nSPS) is 21.8. The van der Waals surface area contributed by atoms with Gasteiger partial charge < -0.3 is 15.1 Å². The molecular formula is C17H22N2O2. The lowest BCUT2D eigenvalue weighted by Crippen LogP contribution is -2.44. The van der Waals surface area contributed by atoms with Crippen LogP contribution in [0.25, 0.3) is 11.0 Å². The van der Waals surface area contributed by atoms with Crippen molar-refractivity contribution in [3.8, 4) is 0 Å². The highest BCUT2D eigenvalue weighted by atomic mass is 16.3. The maximum atomic E-state index is 12.9. The SMILES string of the molecule is CCN(C(=O)c1coc2ccccc12)C1CCCC1CN. The van der Waals surface area contributed by atoms with Gasteiger partial charge in [0.2, 0.25) is 0 Å². The van der Waals surface area contributed by atoms with Crippen molar-refractivity contribution in [2.24, 2.45) is 11.7 Å². The molecule has 1 aromatic carbocycles. The van der Waals surface area contributed by atoms with Crippen LogP contribution < -0.4 is 5.73 Å². The molecule has 21 heavy (non-hydrogen) atoms. The zero-order chi connectivity index (χ0) is 14.8. The second kappa shape index (κ2) is 5.90. The minimum atomic E-state index is 0.0628. The van der Waals surface area contributed by atoms with Gasteiger partial charge >= 0.3 is 0 Å². The smallest absolute Gasteiger partial charge is 0.257 e. The molecule has 2 N–H and O–H groups in total. The standard InChI is InChI=1S/C17H22N2O2/c1-2-19(15-8-5-6-12(15)10-18)17(20)14-11-21-16-9-4-3-7-13(14)16/h3-4,7,9,11-12,15H,2,5-6,8,10,18H2,1H3. The highest BCUT2D eigenvalue weighted by Crippen LogP contribution is 2.31. The van der Waals surface area contributed by atoms with Gasteiger partial charge in [-0.1, -0.05) is 24.6 Å². The third kappa shape index (κ3) is 2.44. The van der Waals surface area contributed by atoms with Crippen LogP contribution in [0.3, 0.4) is 0 Å². The molecule has 1 amide bonds. The minimum absolute atomic E-state index is 0.0628. The number of para-hydroxylation sites is 1. The molecule has 1 fully saturated rings. The number of hydrogen-bond acceptors (Lipinski definition) is 3. The van der Waals surface area contributed by atoms with Crippen molar-refractivity contribution in [1.29, 1.82) is 0 Å². The number of amides is 1. The first-order chi connectivity index (χ1) is 10.3. The van der Waals surface area contributed by atoms with E-state index in [1.54, 1.807) is 6.26 Å². The Morgan fingerprint density at radius 3 is 2.95 bits per heavy atom. The highest BCUT2D eigenvalue weighted by molar-refractivity contribution is 6.06. The van der Waals surface area contributed by atoms with Gasteiger partial charge in [0, 0.05) is 18.0 Å². The van der Waals surface area contributed by atoms with Gasteiger partial charge in [0.05, 0.1) is 5.56 Å². The van der Waals surface area contributed by atoms with Gasteiger partial charge in [-0.15, -0.1) is 0 Å². The van der Waals surface area contributed by atoms with Crippen molar-refractivity contribution in [2.45, 2.75) is 32.2 Å². The fourth-order valence-electron chi connectivity index (χ4n) is 3.53. The highest BCUT2D eigenvalue weighted by Gasteiger charge is 2.34. The Hall–Kier alpha value is -1.81. The monoisotopic (exact) mass is 286 g/mol. The van der Waals surface area contributed by atoms with Gasteiger partial charge in [0.25, 0.3) is 5.91 Å². The lowest BCUT2D eigenvalue weighted by molar-refractivity contribution is 0.0653. The summed E-state index contributed by atoms with van der Waals surface area (Å²) in [7, 11) is 0. The first-order valence-electron chi connectivity index (χ1n) is 7.73. The summed E-state index contributed by atoms with van der Waals surface area (Å²) < 4.78 is 5.51. The van der Waals surface area contributed by atoms with E-state index in [1.807, 2.05) is 36.1 Å². The molecule has 1 saturated carbocycles. The second-order valence-electron chi connectivity index (χ2n) is 5.73. The maximum Gasteiger partial charge on any atom is 0.257 e. The van der Waals surface area contributed by atoms with Crippen LogP contribution in [0, 0.1) is 5.92 Å². The van der Waals surface area contributed by atoms with Crippen LogP contribution in [0.5, 0.6) is 0 Å². The molecule has 2 atom stereocenters. The Kier molecular flexibility index (Phi) is 3.97. The predicted molar refractivity (Wildman–Crippen MR) is 83.1 cm³/mol. The van der Waals surface area contributed by atoms with E-state index in [0.717, 1.165) is 30.2 Å². The Morgan fingerprint density at radius 1 is 1.38 bits per heavy atom. The van der Waals surface area contributed by atoms with E-state index < -0.39 is 0 Å². The molecular weight excluding hydrogens is 264 g/mol. The number of fused-ring (bicyclic) bond motifs is 1. The van der Waals surface area contributed by atoms with E-state index in [2.05, 4.69) is 0 Å². The molecule has 1 aliphatic rings. The molecule has 4 heteroatoms. The molecule has 2 aromatic rings. The summed E-state index contributed by atoms with van der Waals surface area (Å²) >= 11 is 0. The van der Waals surface area contributed by atoms with Crippen molar-refractivity contribution in [1.82, 2.24) is 4.90 Å². The van der Waals surface area contributed by atoms with E-state index in [1.165, 1.54) is 0 Å². The number of hydrogen-bond donors (Lipinski definition) is 1.